The Morgan fingerprint density at radius 2 is 2.06 bits per heavy atom. The minimum Gasteiger partial charge on any atom is -0.317 e. The Labute approximate surface area is 102 Å². The van der Waals surface area contributed by atoms with E-state index in [9.17, 15) is 0 Å². The van der Waals surface area contributed by atoms with Gasteiger partial charge in [0.2, 0.25) is 0 Å². The molecule has 0 aromatic heterocycles. The summed E-state index contributed by atoms with van der Waals surface area (Å²) in [5.74, 6) is 0. The van der Waals surface area contributed by atoms with Crippen molar-refractivity contribution < 1.29 is 0 Å². The van der Waals surface area contributed by atoms with E-state index in [1.54, 1.807) is 0 Å². The highest BCUT2D eigenvalue weighted by Crippen LogP contribution is 2.19. The summed E-state index contributed by atoms with van der Waals surface area (Å²) in [7, 11) is 0. The highest BCUT2D eigenvalue weighted by molar-refractivity contribution is 4.77. The van der Waals surface area contributed by atoms with E-state index in [0.717, 1.165) is 12.1 Å². The standard InChI is InChI=1S/C14H30N2/c1-4-10-15-11-9-14(3)16-12-7-5-6-8-13(16)2/h13-15H,4-12H2,1-3H3. The molecule has 2 heteroatoms. The lowest BCUT2D eigenvalue weighted by atomic mass is 10.1. The third-order valence-electron chi connectivity index (χ3n) is 3.84. The van der Waals surface area contributed by atoms with Gasteiger partial charge in [0.25, 0.3) is 0 Å². The average molecular weight is 226 g/mol. The average Bonchev–Trinajstić information content (AvgIpc) is 2.49. The Morgan fingerprint density at radius 1 is 1.25 bits per heavy atom. The van der Waals surface area contributed by atoms with Crippen molar-refractivity contribution in [1.29, 1.82) is 0 Å². The first-order chi connectivity index (χ1) is 7.75. The smallest absolute Gasteiger partial charge is 0.00818 e. The normalized spacial score (nSPS) is 25.3. The molecule has 2 unspecified atom stereocenters. The highest BCUT2D eigenvalue weighted by atomic mass is 15.2. The molecular weight excluding hydrogens is 196 g/mol. The van der Waals surface area contributed by atoms with Gasteiger partial charge in [-0.1, -0.05) is 19.8 Å². The van der Waals surface area contributed by atoms with E-state index >= 15 is 0 Å². The number of nitrogens with zero attached hydrogens (tertiary/aromatic N) is 1. The molecule has 2 nitrogen and oxygen atoms in total. The molecule has 1 rings (SSSR count). The first-order valence-corrected chi connectivity index (χ1v) is 7.22. The van der Waals surface area contributed by atoms with Gasteiger partial charge in [0, 0.05) is 12.1 Å². The van der Waals surface area contributed by atoms with Crippen LogP contribution in [0.25, 0.3) is 0 Å². The van der Waals surface area contributed by atoms with E-state index in [-0.39, 0.29) is 0 Å². The van der Waals surface area contributed by atoms with Crippen LogP contribution in [0.5, 0.6) is 0 Å². The van der Waals surface area contributed by atoms with Gasteiger partial charge in [-0.05, 0) is 59.2 Å². The quantitative estimate of drug-likeness (QED) is 0.700. The van der Waals surface area contributed by atoms with Crippen molar-refractivity contribution in [3.8, 4) is 0 Å². The molecule has 0 spiro atoms. The zero-order valence-corrected chi connectivity index (χ0v) is 11.5. The van der Waals surface area contributed by atoms with Gasteiger partial charge >= 0.3 is 0 Å². The molecule has 1 fully saturated rings. The fourth-order valence-electron chi connectivity index (χ4n) is 2.73. The number of likely N-dealkylation sites (tertiary alicyclic amines) is 1. The molecule has 1 N–H and O–H groups in total. The lowest BCUT2D eigenvalue weighted by Crippen LogP contribution is -2.41. The Bertz CT molecular complexity index is 170. The molecule has 0 aromatic rings. The minimum absolute atomic E-state index is 0.748. The van der Waals surface area contributed by atoms with Crippen LogP contribution in [-0.4, -0.2) is 36.6 Å². The zero-order chi connectivity index (χ0) is 11.8. The predicted molar refractivity (Wildman–Crippen MR) is 71.9 cm³/mol. The van der Waals surface area contributed by atoms with Gasteiger partial charge in [-0.25, -0.2) is 0 Å². The van der Waals surface area contributed by atoms with Crippen LogP contribution in [0.2, 0.25) is 0 Å². The molecule has 0 saturated carbocycles. The molecule has 1 aliphatic rings. The van der Waals surface area contributed by atoms with Gasteiger partial charge in [0.1, 0.15) is 0 Å². The van der Waals surface area contributed by atoms with Crippen LogP contribution in [0.4, 0.5) is 0 Å². The van der Waals surface area contributed by atoms with E-state index in [1.165, 1.54) is 58.2 Å². The van der Waals surface area contributed by atoms with Crippen LogP contribution in [-0.2, 0) is 0 Å². The second-order valence-corrected chi connectivity index (χ2v) is 5.32. The van der Waals surface area contributed by atoms with Crippen LogP contribution in [0.1, 0.15) is 59.3 Å². The van der Waals surface area contributed by atoms with Crippen molar-refractivity contribution in [3.63, 3.8) is 0 Å². The SMILES string of the molecule is CCCNCCC(C)N1CCCCCC1C. The van der Waals surface area contributed by atoms with Gasteiger partial charge in [-0.3, -0.25) is 4.90 Å². The van der Waals surface area contributed by atoms with Crippen molar-refractivity contribution in [1.82, 2.24) is 10.2 Å². The predicted octanol–water partition coefficient (Wildman–Crippen LogP) is 3.03. The zero-order valence-electron chi connectivity index (χ0n) is 11.5. The summed E-state index contributed by atoms with van der Waals surface area (Å²) in [6, 6.07) is 1.54. The molecule has 16 heavy (non-hydrogen) atoms. The minimum atomic E-state index is 0.748. The summed E-state index contributed by atoms with van der Waals surface area (Å²) < 4.78 is 0. The fourth-order valence-corrected chi connectivity index (χ4v) is 2.73. The summed E-state index contributed by atoms with van der Waals surface area (Å²) in [6.45, 7) is 10.7. The number of rotatable bonds is 6. The van der Waals surface area contributed by atoms with Crippen LogP contribution < -0.4 is 5.32 Å². The van der Waals surface area contributed by atoms with Crippen molar-refractivity contribution in [2.75, 3.05) is 19.6 Å². The topological polar surface area (TPSA) is 15.3 Å². The second kappa shape index (κ2) is 8.08. The Kier molecular flexibility index (Phi) is 7.06. The monoisotopic (exact) mass is 226 g/mol. The molecule has 0 aliphatic carbocycles. The number of nitrogens with one attached hydrogen (secondary N) is 1. The van der Waals surface area contributed by atoms with E-state index in [1.807, 2.05) is 0 Å². The van der Waals surface area contributed by atoms with Gasteiger partial charge in [0.05, 0.1) is 0 Å². The molecule has 0 radical (unpaired) electrons. The molecule has 96 valence electrons. The number of hydrogen-bond acceptors (Lipinski definition) is 2. The lowest BCUT2D eigenvalue weighted by Gasteiger charge is -2.33. The Hall–Kier alpha value is -0.0800. The molecule has 2 atom stereocenters. The maximum Gasteiger partial charge on any atom is 0.00818 e. The van der Waals surface area contributed by atoms with Crippen LogP contribution in [0.15, 0.2) is 0 Å². The van der Waals surface area contributed by atoms with E-state index in [4.69, 9.17) is 0 Å². The van der Waals surface area contributed by atoms with E-state index in [2.05, 4.69) is 31.0 Å². The highest BCUT2D eigenvalue weighted by Gasteiger charge is 2.21. The molecule has 1 saturated heterocycles. The summed E-state index contributed by atoms with van der Waals surface area (Å²) >= 11 is 0. The van der Waals surface area contributed by atoms with E-state index in [0.29, 0.717) is 0 Å². The summed E-state index contributed by atoms with van der Waals surface area (Å²) in [4.78, 5) is 2.72. The van der Waals surface area contributed by atoms with E-state index < -0.39 is 0 Å². The van der Waals surface area contributed by atoms with Gasteiger partial charge in [-0.15, -0.1) is 0 Å². The summed E-state index contributed by atoms with van der Waals surface area (Å²) in [6.07, 6.45) is 8.20. The van der Waals surface area contributed by atoms with Gasteiger partial charge in [-0.2, -0.15) is 0 Å². The summed E-state index contributed by atoms with van der Waals surface area (Å²) in [5, 5.41) is 3.51. The molecule has 0 bridgehead atoms. The second-order valence-electron chi connectivity index (χ2n) is 5.32. The maximum absolute atomic E-state index is 3.51. The first-order valence-electron chi connectivity index (χ1n) is 7.22. The van der Waals surface area contributed by atoms with Crippen molar-refractivity contribution in [2.24, 2.45) is 0 Å². The molecule has 1 aliphatic heterocycles. The van der Waals surface area contributed by atoms with Crippen LogP contribution in [0, 0.1) is 0 Å². The Morgan fingerprint density at radius 3 is 2.81 bits per heavy atom. The Balaban J connectivity index is 2.24. The van der Waals surface area contributed by atoms with Crippen LogP contribution in [0.3, 0.4) is 0 Å². The lowest BCUT2D eigenvalue weighted by molar-refractivity contribution is 0.150. The molecule has 1 heterocycles. The fraction of sp³-hybridized carbons (Fsp3) is 1.00. The molecule has 0 aromatic carbocycles. The maximum atomic E-state index is 3.51. The summed E-state index contributed by atoms with van der Waals surface area (Å²) in [5.41, 5.74) is 0. The molecular formula is C14H30N2. The third-order valence-corrected chi connectivity index (χ3v) is 3.84. The van der Waals surface area contributed by atoms with Crippen LogP contribution >= 0.6 is 0 Å². The number of hydrogen-bond donors (Lipinski definition) is 1. The third kappa shape index (κ3) is 4.84. The largest absolute Gasteiger partial charge is 0.317 e. The van der Waals surface area contributed by atoms with Crippen molar-refractivity contribution in [3.05, 3.63) is 0 Å². The first kappa shape index (κ1) is 14.0. The van der Waals surface area contributed by atoms with Gasteiger partial charge in [0.15, 0.2) is 0 Å². The molecule has 0 amide bonds. The van der Waals surface area contributed by atoms with Crippen molar-refractivity contribution in [2.45, 2.75) is 71.4 Å². The van der Waals surface area contributed by atoms with Crippen molar-refractivity contribution >= 4 is 0 Å². The van der Waals surface area contributed by atoms with Gasteiger partial charge < -0.3 is 5.32 Å².